The van der Waals surface area contributed by atoms with Crippen molar-refractivity contribution in [3.8, 4) is 0 Å². The molecule has 0 radical (unpaired) electrons. The minimum atomic E-state index is -0.232. The lowest BCUT2D eigenvalue weighted by Crippen LogP contribution is -2.37. The fourth-order valence-corrected chi connectivity index (χ4v) is 1.84. The van der Waals surface area contributed by atoms with Gasteiger partial charge in [0.1, 0.15) is 0 Å². The normalized spacial score (nSPS) is 10.0. The molecule has 1 aromatic carbocycles. The molecule has 2 amide bonds. The molecule has 0 spiro atoms. The first-order valence-corrected chi connectivity index (χ1v) is 7.47. The highest BCUT2D eigenvalue weighted by Crippen LogP contribution is 2.17. The largest absolute Gasteiger partial charge is 0.384 e. The summed E-state index contributed by atoms with van der Waals surface area (Å²) in [6.07, 6.45) is 1.86. The maximum Gasteiger partial charge on any atom is 0.253 e. The van der Waals surface area contributed by atoms with E-state index in [0.717, 1.165) is 30.6 Å². The summed E-state index contributed by atoms with van der Waals surface area (Å²) in [6, 6.07) is 5.69. The van der Waals surface area contributed by atoms with E-state index in [0.29, 0.717) is 12.1 Å². The van der Waals surface area contributed by atoms with Gasteiger partial charge in [0.05, 0.1) is 12.1 Å². The Bertz CT molecular complexity index is 486. The molecule has 0 aliphatic rings. The summed E-state index contributed by atoms with van der Waals surface area (Å²) in [5, 5.41) is 8.62. The second kappa shape index (κ2) is 9.00. The number of benzene rings is 1. The molecule has 116 valence electrons. The van der Waals surface area contributed by atoms with Gasteiger partial charge < -0.3 is 16.0 Å². The molecule has 0 unspecified atom stereocenters. The number of aryl methyl sites for hydroxylation is 1. The summed E-state index contributed by atoms with van der Waals surface area (Å²) in [5.41, 5.74) is 2.39. The van der Waals surface area contributed by atoms with E-state index < -0.39 is 0 Å². The Morgan fingerprint density at radius 3 is 2.43 bits per heavy atom. The van der Waals surface area contributed by atoms with Crippen LogP contribution in [-0.2, 0) is 4.79 Å². The molecule has 5 nitrogen and oxygen atoms in total. The van der Waals surface area contributed by atoms with Crippen LogP contribution in [0.1, 0.15) is 42.6 Å². The molecular formula is C16H25N3O2. The van der Waals surface area contributed by atoms with Crippen LogP contribution in [0, 0.1) is 6.92 Å². The summed E-state index contributed by atoms with van der Waals surface area (Å²) in [7, 11) is 0. The molecule has 0 atom stereocenters. The molecule has 0 aliphatic carbocycles. The Labute approximate surface area is 126 Å². The van der Waals surface area contributed by atoms with Crippen molar-refractivity contribution in [1.82, 2.24) is 10.6 Å². The van der Waals surface area contributed by atoms with Crippen LogP contribution in [0.3, 0.4) is 0 Å². The van der Waals surface area contributed by atoms with Crippen LogP contribution in [0.25, 0.3) is 0 Å². The third-order valence-electron chi connectivity index (χ3n) is 2.97. The highest BCUT2D eigenvalue weighted by atomic mass is 16.2. The first-order chi connectivity index (χ1) is 10.1. The van der Waals surface area contributed by atoms with Gasteiger partial charge >= 0.3 is 0 Å². The van der Waals surface area contributed by atoms with Crippen molar-refractivity contribution in [2.75, 3.05) is 25.0 Å². The van der Waals surface area contributed by atoms with Crippen LogP contribution >= 0.6 is 0 Å². The monoisotopic (exact) mass is 291 g/mol. The van der Waals surface area contributed by atoms with Gasteiger partial charge in [0.15, 0.2) is 0 Å². The Morgan fingerprint density at radius 1 is 1.05 bits per heavy atom. The summed E-state index contributed by atoms with van der Waals surface area (Å²) >= 11 is 0. The second-order valence-electron chi connectivity index (χ2n) is 5.01. The molecule has 1 rings (SSSR count). The first-order valence-electron chi connectivity index (χ1n) is 7.47. The molecular weight excluding hydrogens is 266 g/mol. The van der Waals surface area contributed by atoms with Crippen LogP contribution in [0.15, 0.2) is 18.2 Å². The fraction of sp³-hybridized carbons (Fsp3) is 0.500. The average molecular weight is 291 g/mol. The summed E-state index contributed by atoms with van der Waals surface area (Å²) in [6.45, 7) is 7.42. The van der Waals surface area contributed by atoms with E-state index in [1.807, 2.05) is 32.0 Å². The number of anilines is 1. The summed E-state index contributed by atoms with van der Waals surface area (Å²) < 4.78 is 0. The number of hydrogen-bond acceptors (Lipinski definition) is 3. The molecule has 5 heteroatoms. The Hall–Kier alpha value is -2.04. The predicted octanol–water partition coefficient (Wildman–Crippen LogP) is 2.07. The van der Waals surface area contributed by atoms with Crippen molar-refractivity contribution in [3.05, 3.63) is 29.3 Å². The third kappa shape index (κ3) is 5.85. The molecule has 0 aliphatic heterocycles. The topological polar surface area (TPSA) is 70.2 Å². The highest BCUT2D eigenvalue weighted by molar-refractivity contribution is 6.01. The predicted molar refractivity (Wildman–Crippen MR) is 85.6 cm³/mol. The number of amides is 2. The van der Waals surface area contributed by atoms with E-state index >= 15 is 0 Å². The van der Waals surface area contributed by atoms with E-state index in [4.69, 9.17) is 0 Å². The first kappa shape index (κ1) is 17.0. The molecule has 1 aromatic rings. The lowest BCUT2D eigenvalue weighted by Gasteiger charge is -2.12. The van der Waals surface area contributed by atoms with Gasteiger partial charge in [0, 0.05) is 18.8 Å². The molecule has 3 N–H and O–H groups in total. The number of nitrogens with one attached hydrogen (secondary N) is 3. The molecule has 0 aromatic heterocycles. The SMILES string of the molecule is CCCNC(=O)CNC(=O)c1cc(C)ccc1NCCC. The van der Waals surface area contributed by atoms with Crippen LogP contribution in [0.4, 0.5) is 5.69 Å². The van der Waals surface area contributed by atoms with E-state index in [2.05, 4.69) is 22.9 Å². The second-order valence-corrected chi connectivity index (χ2v) is 5.01. The van der Waals surface area contributed by atoms with Crippen molar-refractivity contribution < 1.29 is 9.59 Å². The summed E-state index contributed by atoms with van der Waals surface area (Å²) in [5.74, 6) is -0.398. The van der Waals surface area contributed by atoms with Gasteiger partial charge in [-0.15, -0.1) is 0 Å². The minimum Gasteiger partial charge on any atom is -0.384 e. The standard InChI is InChI=1S/C16H25N3O2/c1-4-8-17-14-7-6-12(3)10-13(14)16(21)19-11-15(20)18-9-5-2/h6-7,10,17H,4-5,8-9,11H2,1-3H3,(H,18,20)(H,19,21). The molecule has 0 saturated heterocycles. The van der Waals surface area contributed by atoms with Gasteiger partial charge in [-0.25, -0.2) is 0 Å². The van der Waals surface area contributed by atoms with Crippen LogP contribution in [0.5, 0.6) is 0 Å². The lowest BCUT2D eigenvalue weighted by molar-refractivity contribution is -0.120. The lowest BCUT2D eigenvalue weighted by atomic mass is 10.1. The molecule has 0 heterocycles. The molecule has 0 fully saturated rings. The average Bonchev–Trinajstić information content (AvgIpc) is 2.49. The van der Waals surface area contributed by atoms with Gasteiger partial charge in [-0.05, 0) is 31.9 Å². The smallest absolute Gasteiger partial charge is 0.253 e. The fourth-order valence-electron chi connectivity index (χ4n) is 1.84. The third-order valence-corrected chi connectivity index (χ3v) is 2.97. The van der Waals surface area contributed by atoms with Crippen LogP contribution in [0.2, 0.25) is 0 Å². The zero-order valence-electron chi connectivity index (χ0n) is 13.1. The van der Waals surface area contributed by atoms with Crippen molar-refractivity contribution in [2.45, 2.75) is 33.6 Å². The zero-order valence-corrected chi connectivity index (χ0v) is 13.1. The van der Waals surface area contributed by atoms with Gasteiger partial charge in [-0.1, -0.05) is 25.5 Å². The van der Waals surface area contributed by atoms with Crippen molar-refractivity contribution in [1.29, 1.82) is 0 Å². The van der Waals surface area contributed by atoms with Gasteiger partial charge in [0.2, 0.25) is 5.91 Å². The Balaban J connectivity index is 2.67. The number of carbonyl (C=O) groups is 2. The number of hydrogen-bond donors (Lipinski definition) is 3. The number of carbonyl (C=O) groups excluding carboxylic acids is 2. The minimum absolute atomic E-state index is 0.00000693. The van der Waals surface area contributed by atoms with Gasteiger partial charge in [0.25, 0.3) is 5.91 Å². The van der Waals surface area contributed by atoms with Gasteiger partial charge in [-0.3, -0.25) is 9.59 Å². The van der Waals surface area contributed by atoms with Crippen molar-refractivity contribution in [2.24, 2.45) is 0 Å². The molecule has 0 saturated carbocycles. The van der Waals surface area contributed by atoms with E-state index in [9.17, 15) is 9.59 Å². The Kier molecular flexibility index (Phi) is 7.29. The van der Waals surface area contributed by atoms with Crippen molar-refractivity contribution in [3.63, 3.8) is 0 Å². The highest BCUT2D eigenvalue weighted by Gasteiger charge is 2.12. The van der Waals surface area contributed by atoms with Gasteiger partial charge in [-0.2, -0.15) is 0 Å². The maximum atomic E-state index is 12.2. The van der Waals surface area contributed by atoms with Crippen LogP contribution in [-0.4, -0.2) is 31.4 Å². The van der Waals surface area contributed by atoms with Crippen molar-refractivity contribution >= 4 is 17.5 Å². The van der Waals surface area contributed by atoms with E-state index in [-0.39, 0.29) is 18.4 Å². The van der Waals surface area contributed by atoms with E-state index in [1.165, 1.54) is 0 Å². The summed E-state index contributed by atoms with van der Waals surface area (Å²) in [4.78, 5) is 23.7. The van der Waals surface area contributed by atoms with E-state index in [1.54, 1.807) is 0 Å². The molecule has 0 bridgehead atoms. The number of rotatable bonds is 8. The quantitative estimate of drug-likeness (QED) is 0.687. The zero-order chi connectivity index (χ0) is 15.7. The van der Waals surface area contributed by atoms with Crippen LogP contribution < -0.4 is 16.0 Å². The molecule has 21 heavy (non-hydrogen) atoms. The maximum absolute atomic E-state index is 12.2. The Morgan fingerprint density at radius 2 is 1.76 bits per heavy atom.